The van der Waals surface area contributed by atoms with E-state index in [1.165, 1.54) is 12.4 Å². The van der Waals surface area contributed by atoms with Crippen LogP contribution >= 0.6 is 15.9 Å². The number of nitrogens with zero attached hydrogens (tertiary/aromatic N) is 2. The molecule has 0 aliphatic rings. The minimum atomic E-state index is -0.237. The lowest BCUT2D eigenvalue weighted by Gasteiger charge is -2.16. The van der Waals surface area contributed by atoms with Crippen LogP contribution in [0.2, 0.25) is 0 Å². The zero-order chi connectivity index (χ0) is 13.0. The lowest BCUT2D eigenvalue weighted by molar-refractivity contribution is 0.580. The minimum absolute atomic E-state index is 0.0694. The molecule has 2 aromatic rings. The lowest BCUT2D eigenvalue weighted by atomic mass is 10.0. The number of benzene rings is 1. The molecule has 1 heterocycles. The van der Waals surface area contributed by atoms with Crippen LogP contribution < -0.4 is 5.32 Å². The SMILES string of the molecule is CNC(Cc1cc(F)cc(Br)c1)c1cncnc1. The molecule has 0 aliphatic carbocycles. The largest absolute Gasteiger partial charge is 0.313 e. The molecule has 18 heavy (non-hydrogen) atoms. The van der Waals surface area contributed by atoms with Crippen LogP contribution in [0.3, 0.4) is 0 Å². The van der Waals surface area contributed by atoms with Crippen LogP contribution in [0, 0.1) is 5.82 Å². The first-order chi connectivity index (χ1) is 8.69. The van der Waals surface area contributed by atoms with Gasteiger partial charge >= 0.3 is 0 Å². The summed E-state index contributed by atoms with van der Waals surface area (Å²) < 4.78 is 14.1. The molecule has 0 aliphatic heterocycles. The van der Waals surface area contributed by atoms with Crippen LogP contribution in [-0.2, 0) is 6.42 Å². The van der Waals surface area contributed by atoms with Crippen molar-refractivity contribution in [1.29, 1.82) is 0 Å². The molecule has 0 radical (unpaired) electrons. The minimum Gasteiger partial charge on any atom is -0.313 e. The summed E-state index contributed by atoms with van der Waals surface area (Å²) in [5.41, 5.74) is 1.91. The van der Waals surface area contributed by atoms with Gasteiger partial charge < -0.3 is 5.32 Å². The molecule has 1 unspecified atom stereocenters. The molecule has 94 valence electrons. The molecule has 0 spiro atoms. The van der Waals surface area contributed by atoms with E-state index in [9.17, 15) is 4.39 Å². The summed E-state index contributed by atoms with van der Waals surface area (Å²) in [6.45, 7) is 0. The third-order valence-electron chi connectivity index (χ3n) is 2.69. The fourth-order valence-corrected chi connectivity index (χ4v) is 2.35. The quantitative estimate of drug-likeness (QED) is 0.943. The second-order valence-corrected chi connectivity index (χ2v) is 4.91. The Labute approximate surface area is 114 Å². The highest BCUT2D eigenvalue weighted by atomic mass is 79.9. The number of hydrogen-bond donors (Lipinski definition) is 1. The van der Waals surface area contributed by atoms with E-state index in [4.69, 9.17) is 0 Å². The predicted molar refractivity (Wildman–Crippen MR) is 71.6 cm³/mol. The van der Waals surface area contributed by atoms with Gasteiger partial charge in [-0.05, 0) is 37.2 Å². The number of likely N-dealkylation sites (N-methyl/N-ethyl adjacent to an activating group) is 1. The number of aromatic nitrogens is 2. The van der Waals surface area contributed by atoms with Crippen molar-refractivity contribution in [2.75, 3.05) is 7.05 Å². The van der Waals surface area contributed by atoms with Gasteiger partial charge in [-0.15, -0.1) is 0 Å². The molecule has 0 fully saturated rings. The van der Waals surface area contributed by atoms with Gasteiger partial charge in [0.05, 0.1) is 0 Å². The van der Waals surface area contributed by atoms with Crippen molar-refractivity contribution in [3.8, 4) is 0 Å². The van der Waals surface area contributed by atoms with Gasteiger partial charge in [0.2, 0.25) is 0 Å². The molecule has 0 saturated heterocycles. The van der Waals surface area contributed by atoms with Crippen molar-refractivity contribution < 1.29 is 4.39 Å². The van der Waals surface area contributed by atoms with E-state index >= 15 is 0 Å². The maximum Gasteiger partial charge on any atom is 0.124 e. The van der Waals surface area contributed by atoms with E-state index in [-0.39, 0.29) is 11.9 Å². The summed E-state index contributed by atoms with van der Waals surface area (Å²) in [6, 6.07) is 4.97. The molecular formula is C13H13BrFN3. The molecule has 0 bridgehead atoms. The fourth-order valence-electron chi connectivity index (χ4n) is 1.84. The van der Waals surface area contributed by atoms with Crippen molar-refractivity contribution in [1.82, 2.24) is 15.3 Å². The van der Waals surface area contributed by atoms with Crippen molar-refractivity contribution in [3.05, 3.63) is 58.3 Å². The first-order valence-electron chi connectivity index (χ1n) is 5.56. The van der Waals surface area contributed by atoms with Crippen LogP contribution in [0.4, 0.5) is 4.39 Å². The van der Waals surface area contributed by atoms with E-state index in [1.54, 1.807) is 18.5 Å². The normalized spacial score (nSPS) is 12.4. The Hall–Kier alpha value is -1.33. The Morgan fingerprint density at radius 1 is 1.28 bits per heavy atom. The molecule has 3 nitrogen and oxygen atoms in total. The first-order valence-corrected chi connectivity index (χ1v) is 6.35. The average Bonchev–Trinajstić information content (AvgIpc) is 2.36. The van der Waals surface area contributed by atoms with Gasteiger partial charge in [-0.3, -0.25) is 0 Å². The highest BCUT2D eigenvalue weighted by Crippen LogP contribution is 2.20. The zero-order valence-corrected chi connectivity index (χ0v) is 11.5. The van der Waals surface area contributed by atoms with E-state index < -0.39 is 0 Å². The standard InChI is InChI=1S/C13H13BrFN3/c1-16-13(10-6-17-8-18-7-10)4-9-2-11(14)5-12(15)3-9/h2-3,5-8,13,16H,4H2,1H3. The Morgan fingerprint density at radius 3 is 2.61 bits per heavy atom. The summed E-state index contributed by atoms with van der Waals surface area (Å²) >= 11 is 3.30. The highest BCUT2D eigenvalue weighted by Gasteiger charge is 2.11. The third-order valence-corrected chi connectivity index (χ3v) is 3.15. The molecule has 1 aromatic carbocycles. The summed E-state index contributed by atoms with van der Waals surface area (Å²) in [7, 11) is 1.87. The summed E-state index contributed by atoms with van der Waals surface area (Å²) in [5, 5.41) is 3.19. The Balaban J connectivity index is 2.20. The molecular weight excluding hydrogens is 297 g/mol. The second kappa shape index (κ2) is 6.02. The number of nitrogens with one attached hydrogen (secondary N) is 1. The molecule has 2 rings (SSSR count). The van der Waals surface area contributed by atoms with Gasteiger partial charge in [-0.1, -0.05) is 15.9 Å². The van der Waals surface area contributed by atoms with Gasteiger partial charge in [-0.25, -0.2) is 14.4 Å². The Morgan fingerprint density at radius 2 is 2.00 bits per heavy atom. The van der Waals surface area contributed by atoms with E-state index in [0.717, 1.165) is 15.6 Å². The van der Waals surface area contributed by atoms with Crippen molar-refractivity contribution in [3.63, 3.8) is 0 Å². The van der Waals surface area contributed by atoms with Gasteiger partial charge in [0.25, 0.3) is 0 Å². The van der Waals surface area contributed by atoms with Gasteiger partial charge in [0.1, 0.15) is 12.1 Å². The van der Waals surface area contributed by atoms with E-state index in [1.807, 2.05) is 13.1 Å². The smallest absolute Gasteiger partial charge is 0.124 e. The van der Waals surface area contributed by atoms with Crippen LogP contribution in [0.1, 0.15) is 17.2 Å². The molecule has 0 saturated carbocycles. The lowest BCUT2D eigenvalue weighted by Crippen LogP contribution is -2.19. The zero-order valence-electron chi connectivity index (χ0n) is 9.90. The number of halogens is 2. The Bertz CT molecular complexity index is 499. The molecule has 5 heteroatoms. The van der Waals surface area contributed by atoms with Gasteiger partial charge in [0, 0.05) is 28.5 Å². The number of hydrogen-bond acceptors (Lipinski definition) is 3. The van der Waals surface area contributed by atoms with Crippen molar-refractivity contribution in [2.45, 2.75) is 12.5 Å². The Kier molecular flexibility index (Phi) is 4.38. The second-order valence-electron chi connectivity index (χ2n) is 3.99. The van der Waals surface area contributed by atoms with E-state index in [0.29, 0.717) is 6.42 Å². The van der Waals surface area contributed by atoms with Crippen LogP contribution in [-0.4, -0.2) is 17.0 Å². The summed E-state index contributed by atoms with van der Waals surface area (Å²) in [6.07, 6.45) is 5.71. The molecule has 1 N–H and O–H groups in total. The predicted octanol–water partition coefficient (Wildman–Crippen LogP) is 2.88. The van der Waals surface area contributed by atoms with Crippen molar-refractivity contribution in [2.24, 2.45) is 0 Å². The van der Waals surface area contributed by atoms with Crippen LogP contribution in [0.15, 0.2) is 41.4 Å². The maximum atomic E-state index is 13.3. The summed E-state index contributed by atoms with van der Waals surface area (Å²) in [5.74, 6) is -0.237. The number of rotatable bonds is 4. The molecule has 1 aromatic heterocycles. The first kappa shape index (κ1) is 13.1. The van der Waals surface area contributed by atoms with Crippen LogP contribution in [0.5, 0.6) is 0 Å². The molecule has 1 atom stereocenters. The average molecular weight is 310 g/mol. The maximum absolute atomic E-state index is 13.3. The topological polar surface area (TPSA) is 37.8 Å². The third kappa shape index (κ3) is 3.34. The monoisotopic (exact) mass is 309 g/mol. The van der Waals surface area contributed by atoms with E-state index in [2.05, 4.69) is 31.2 Å². The van der Waals surface area contributed by atoms with Crippen molar-refractivity contribution >= 4 is 15.9 Å². The molecule has 0 amide bonds. The van der Waals surface area contributed by atoms with Crippen LogP contribution in [0.25, 0.3) is 0 Å². The van der Waals surface area contributed by atoms with Gasteiger partial charge in [0.15, 0.2) is 0 Å². The fraction of sp³-hybridized carbons (Fsp3) is 0.231. The summed E-state index contributed by atoms with van der Waals surface area (Å²) in [4.78, 5) is 7.99. The highest BCUT2D eigenvalue weighted by molar-refractivity contribution is 9.10. The van der Waals surface area contributed by atoms with Gasteiger partial charge in [-0.2, -0.15) is 0 Å².